The summed E-state index contributed by atoms with van der Waals surface area (Å²) in [5, 5.41) is 9.54. The van der Waals surface area contributed by atoms with E-state index in [1.807, 2.05) is 36.4 Å². The molecule has 0 radical (unpaired) electrons. The second-order valence-electron chi connectivity index (χ2n) is 13.6. The van der Waals surface area contributed by atoms with Crippen LogP contribution in [0.1, 0.15) is 0 Å². The van der Waals surface area contributed by atoms with Gasteiger partial charge in [0.1, 0.15) is 11.2 Å². The smallest absolute Gasteiger partial charge is 0.164 e. The van der Waals surface area contributed by atoms with Crippen LogP contribution in [0.5, 0.6) is 0 Å². The Kier molecular flexibility index (Phi) is 5.44. The van der Waals surface area contributed by atoms with Crippen LogP contribution in [-0.2, 0) is 0 Å². The Morgan fingerprint density at radius 3 is 1.81 bits per heavy atom. The van der Waals surface area contributed by atoms with E-state index in [9.17, 15) is 0 Å². The highest BCUT2D eigenvalue weighted by Crippen LogP contribution is 2.51. The molecule has 0 bridgehead atoms. The van der Waals surface area contributed by atoms with Crippen molar-refractivity contribution >= 4 is 65.3 Å². The average molecular weight is 663 g/mol. The van der Waals surface area contributed by atoms with Crippen LogP contribution in [0.4, 0.5) is 0 Å². The Morgan fingerprint density at radius 1 is 0.385 bits per heavy atom. The first-order valence-corrected chi connectivity index (χ1v) is 17.5. The quantitative estimate of drug-likeness (QED) is 0.188. The first-order valence-electron chi connectivity index (χ1n) is 17.5. The van der Waals surface area contributed by atoms with Crippen LogP contribution in [0.25, 0.3) is 116 Å². The van der Waals surface area contributed by atoms with Crippen LogP contribution in [0.2, 0.25) is 0 Å². The Hall–Kier alpha value is -7.11. The van der Waals surface area contributed by atoms with Gasteiger partial charge in [-0.3, -0.25) is 0 Å². The Labute approximate surface area is 297 Å². The minimum absolute atomic E-state index is 0.634. The first-order chi connectivity index (χ1) is 25.8. The van der Waals surface area contributed by atoms with Gasteiger partial charge in [0.25, 0.3) is 0 Å². The van der Waals surface area contributed by atoms with Crippen molar-refractivity contribution in [3.63, 3.8) is 0 Å². The van der Waals surface area contributed by atoms with Crippen molar-refractivity contribution in [2.24, 2.45) is 0 Å². The highest BCUT2D eigenvalue weighted by molar-refractivity contribution is 6.37. The van der Waals surface area contributed by atoms with Crippen molar-refractivity contribution in [1.29, 1.82) is 0 Å². The zero-order valence-corrected chi connectivity index (χ0v) is 27.7. The second kappa shape index (κ2) is 10.2. The SMILES string of the molecule is c1ccc(-c2nc(-c3ccccc3)nc(-c3cc(-n4c5cccc6c5c5c7c(ccc8oc9cccc-6c9c87)ccc54)cc4ccccc34)n2)cc1. The van der Waals surface area contributed by atoms with Crippen molar-refractivity contribution in [3.05, 3.63) is 158 Å². The van der Waals surface area contributed by atoms with Gasteiger partial charge in [0.05, 0.1) is 11.0 Å². The van der Waals surface area contributed by atoms with Gasteiger partial charge in [-0.1, -0.05) is 121 Å². The molecule has 0 fully saturated rings. The molecule has 0 amide bonds. The molecular formula is C47H26N4O. The zero-order valence-electron chi connectivity index (χ0n) is 27.7. The molecule has 0 aliphatic heterocycles. The molecule has 8 aromatic carbocycles. The monoisotopic (exact) mass is 662 g/mol. The summed E-state index contributed by atoms with van der Waals surface area (Å²) < 4.78 is 8.90. The maximum atomic E-state index is 6.48. The topological polar surface area (TPSA) is 56.7 Å². The fourth-order valence-electron chi connectivity index (χ4n) is 8.54. The van der Waals surface area contributed by atoms with Gasteiger partial charge in [-0.15, -0.1) is 0 Å². The molecule has 11 aromatic rings. The molecule has 3 heterocycles. The number of aromatic nitrogens is 4. The lowest BCUT2D eigenvalue weighted by atomic mass is 9.98. The standard InChI is InChI=1S/C47H26N4O/c1-3-11-28(12-4-1)45-48-46(29-13-5-2-6-14-29)50-47(49-45)35-26-31(25-30-15-7-8-16-32(30)35)51-36-19-9-17-33-34-18-10-20-38-42(34)44-39(52-38)24-22-27-21-23-37(51)43(40(27)44)41(33)36/h1-26H. The van der Waals surface area contributed by atoms with Gasteiger partial charge in [0, 0.05) is 49.3 Å². The molecule has 0 saturated carbocycles. The van der Waals surface area contributed by atoms with Crippen LogP contribution in [-0.4, -0.2) is 19.5 Å². The summed E-state index contributed by atoms with van der Waals surface area (Å²) in [7, 11) is 0. The van der Waals surface area contributed by atoms with Gasteiger partial charge in [-0.2, -0.15) is 0 Å². The summed E-state index contributed by atoms with van der Waals surface area (Å²) >= 11 is 0. The van der Waals surface area contributed by atoms with E-state index in [0.717, 1.165) is 55.3 Å². The predicted molar refractivity (Wildman–Crippen MR) is 212 cm³/mol. The van der Waals surface area contributed by atoms with E-state index in [1.165, 1.54) is 43.4 Å². The highest BCUT2D eigenvalue weighted by atomic mass is 16.3. The number of benzene rings is 8. The third-order valence-corrected chi connectivity index (χ3v) is 10.7. The molecule has 240 valence electrons. The van der Waals surface area contributed by atoms with Gasteiger partial charge in [0.15, 0.2) is 17.5 Å². The van der Waals surface area contributed by atoms with Crippen molar-refractivity contribution in [2.75, 3.05) is 0 Å². The van der Waals surface area contributed by atoms with Crippen molar-refractivity contribution in [2.45, 2.75) is 0 Å². The summed E-state index contributed by atoms with van der Waals surface area (Å²) in [4.78, 5) is 15.3. The van der Waals surface area contributed by atoms with Gasteiger partial charge >= 0.3 is 0 Å². The van der Waals surface area contributed by atoms with Crippen LogP contribution >= 0.6 is 0 Å². The van der Waals surface area contributed by atoms with Gasteiger partial charge in [0.2, 0.25) is 0 Å². The number of hydrogen-bond donors (Lipinski definition) is 0. The molecule has 0 unspecified atom stereocenters. The summed E-state index contributed by atoms with van der Waals surface area (Å²) in [5.41, 5.74) is 10.5. The van der Waals surface area contributed by atoms with Gasteiger partial charge in [-0.05, 0) is 63.7 Å². The molecule has 52 heavy (non-hydrogen) atoms. The van der Waals surface area contributed by atoms with Crippen molar-refractivity contribution in [1.82, 2.24) is 19.5 Å². The van der Waals surface area contributed by atoms with Gasteiger partial charge < -0.3 is 8.98 Å². The van der Waals surface area contributed by atoms with Crippen LogP contribution in [0, 0.1) is 0 Å². The second-order valence-corrected chi connectivity index (χ2v) is 13.6. The molecule has 3 aromatic heterocycles. The van der Waals surface area contributed by atoms with Crippen LogP contribution in [0.15, 0.2) is 162 Å². The summed E-state index contributed by atoms with van der Waals surface area (Å²) in [6.45, 7) is 0. The molecule has 1 aliphatic rings. The van der Waals surface area contributed by atoms with Gasteiger partial charge in [-0.25, -0.2) is 15.0 Å². The fraction of sp³-hybridized carbons (Fsp3) is 0. The maximum absolute atomic E-state index is 6.48. The van der Waals surface area contributed by atoms with E-state index in [1.54, 1.807) is 0 Å². The molecule has 12 rings (SSSR count). The minimum Gasteiger partial charge on any atom is -0.456 e. The first kappa shape index (κ1) is 27.7. The number of furan rings is 1. The molecule has 5 nitrogen and oxygen atoms in total. The Bertz CT molecular complexity index is 3230. The molecule has 0 N–H and O–H groups in total. The largest absolute Gasteiger partial charge is 0.456 e. The summed E-state index contributed by atoms with van der Waals surface area (Å²) in [5.74, 6) is 1.92. The Morgan fingerprint density at radius 2 is 1.02 bits per heavy atom. The molecular weight excluding hydrogens is 637 g/mol. The van der Waals surface area contributed by atoms with Crippen molar-refractivity contribution in [3.8, 4) is 51.0 Å². The van der Waals surface area contributed by atoms with Crippen molar-refractivity contribution < 1.29 is 4.42 Å². The molecule has 0 atom stereocenters. The van der Waals surface area contributed by atoms with Crippen LogP contribution in [0.3, 0.4) is 0 Å². The molecule has 5 heteroatoms. The Balaban J connectivity index is 1.20. The minimum atomic E-state index is 0.634. The lowest BCUT2D eigenvalue weighted by Gasteiger charge is -2.15. The molecule has 0 spiro atoms. The maximum Gasteiger partial charge on any atom is 0.164 e. The zero-order chi connectivity index (χ0) is 33.9. The molecule has 1 aliphatic carbocycles. The highest BCUT2D eigenvalue weighted by Gasteiger charge is 2.26. The number of nitrogens with zero attached hydrogens (tertiary/aromatic N) is 4. The third-order valence-electron chi connectivity index (χ3n) is 10.7. The summed E-state index contributed by atoms with van der Waals surface area (Å²) in [6.07, 6.45) is 0. The lowest BCUT2D eigenvalue weighted by Crippen LogP contribution is -2.02. The average Bonchev–Trinajstić information content (AvgIpc) is 3.73. The van der Waals surface area contributed by atoms with Crippen LogP contribution < -0.4 is 0 Å². The van der Waals surface area contributed by atoms with E-state index >= 15 is 0 Å². The number of rotatable bonds is 4. The van der Waals surface area contributed by atoms with E-state index in [2.05, 4.69) is 126 Å². The number of fused-ring (bicyclic) bond motifs is 2. The fourth-order valence-corrected chi connectivity index (χ4v) is 8.54. The lowest BCUT2D eigenvalue weighted by molar-refractivity contribution is 0.669. The normalized spacial score (nSPS) is 12.2. The van der Waals surface area contributed by atoms with E-state index in [4.69, 9.17) is 19.4 Å². The number of hydrogen-bond acceptors (Lipinski definition) is 4. The summed E-state index contributed by atoms with van der Waals surface area (Å²) in [6, 6.07) is 55.4. The van der Waals surface area contributed by atoms with E-state index in [-0.39, 0.29) is 0 Å². The third kappa shape index (κ3) is 3.74. The predicted octanol–water partition coefficient (Wildman–Crippen LogP) is 12.2. The van der Waals surface area contributed by atoms with E-state index < -0.39 is 0 Å². The van der Waals surface area contributed by atoms with E-state index in [0.29, 0.717) is 17.5 Å². The molecule has 0 saturated heterocycles.